The van der Waals surface area contributed by atoms with Gasteiger partial charge in [0.25, 0.3) is 0 Å². The van der Waals surface area contributed by atoms with E-state index in [0.717, 1.165) is 38.4 Å². The molecular weight excluding hydrogens is 331 g/mol. The summed E-state index contributed by atoms with van der Waals surface area (Å²) in [6.07, 6.45) is 0. The Balaban J connectivity index is 1.84. The van der Waals surface area contributed by atoms with Crippen LogP contribution in [-0.2, 0) is 11.3 Å². The molecule has 1 fully saturated rings. The topological polar surface area (TPSA) is 48.9 Å². The number of guanidine groups is 1. The molecule has 24 heavy (non-hydrogen) atoms. The maximum Gasteiger partial charge on any atom is 0.191 e. The highest BCUT2D eigenvalue weighted by atomic mass is 35.5. The summed E-state index contributed by atoms with van der Waals surface area (Å²) in [5.74, 6) is 0.298. The zero-order chi connectivity index (χ0) is 17.6. The van der Waals surface area contributed by atoms with Gasteiger partial charge in [-0.15, -0.1) is 0 Å². The normalized spacial score (nSPS) is 17.0. The van der Waals surface area contributed by atoms with Crippen molar-refractivity contribution in [2.45, 2.75) is 25.9 Å². The molecule has 1 aliphatic rings. The largest absolute Gasteiger partial charge is 0.379 e. The summed E-state index contributed by atoms with van der Waals surface area (Å²) >= 11 is 5.81. The molecule has 0 aromatic heterocycles. The van der Waals surface area contributed by atoms with Crippen LogP contribution in [0, 0.1) is 5.82 Å². The van der Waals surface area contributed by atoms with E-state index in [9.17, 15) is 4.39 Å². The first-order valence-electron chi connectivity index (χ1n) is 8.13. The van der Waals surface area contributed by atoms with Gasteiger partial charge in [0, 0.05) is 38.8 Å². The molecule has 0 aliphatic carbocycles. The van der Waals surface area contributed by atoms with E-state index in [4.69, 9.17) is 16.3 Å². The van der Waals surface area contributed by atoms with Gasteiger partial charge in [0.1, 0.15) is 5.82 Å². The Morgan fingerprint density at radius 1 is 1.33 bits per heavy atom. The molecule has 2 rings (SSSR count). The van der Waals surface area contributed by atoms with Crippen molar-refractivity contribution in [2.75, 3.05) is 39.9 Å². The van der Waals surface area contributed by atoms with Crippen molar-refractivity contribution in [3.8, 4) is 0 Å². The Morgan fingerprint density at radius 2 is 2.04 bits per heavy atom. The highest BCUT2D eigenvalue weighted by Gasteiger charge is 2.28. The Labute approximate surface area is 148 Å². The van der Waals surface area contributed by atoms with E-state index in [1.54, 1.807) is 19.2 Å². The summed E-state index contributed by atoms with van der Waals surface area (Å²) in [5.41, 5.74) is 0.900. The number of benzene rings is 1. The van der Waals surface area contributed by atoms with Gasteiger partial charge in [-0.1, -0.05) is 17.7 Å². The van der Waals surface area contributed by atoms with Gasteiger partial charge in [-0.3, -0.25) is 9.89 Å². The van der Waals surface area contributed by atoms with Gasteiger partial charge < -0.3 is 15.4 Å². The molecule has 1 aromatic rings. The van der Waals surface area contributed by atoms with Crippen LogP contribution in [0.25, 0.3) is 0 Å². The first kappa shape index (κ1) is 19.0. The Hall–Kier alpha value is -1.37. The quantitative estimate of drug-likeness (QED) is 0.627. The van der Waals surface area contributed by atoms with Gasteiger partial charge in [-0.2, -0.15) is 0 Å². The summed E-state index contributed by atoms with van der Waals surface area (Å²) in [5, 5.41) is 6.71. The third-order valence-electron chi connectivity index (χ3n) is 4.22. The Kier molecular flexibility index (Phi) is 6.83. The molecule has 0 bridgehead atoms. The molecule has 0 saturated carbocycles. The number of ether oxygens (including phenoxy) is 1. The van der Waals surface area contributed by atoms with Gasteiger partial charge in [-0.25, -0.2) is 4.39 Å². The summed E-state index contributed by atoms with van der Waals surface area (Å²) in [6.45, 7) is 9.14. The zero-order valence-corrected chi connectivity index (χ0v) is 15.3. The molecule has 1 heterocycles. The van der Waals surface area contributed by atoms with E-state index in [1.807, 2.05) is 0 Å². The third-order valence-corrected chi connectivity index (χ3v) is 4.51. The molecule has 7 heteroatoms. The van der Waals surface area contributed by atoms with Crippen LogP contribution in [0.4, 0.5) is 4.39 Å². The zero-order valence-electron chi connectivity index (χ0n) is 14.5. The summed E-state index contributed by atoms with van der Waals surface area (Å²) in [4.78, 5) is 6.65. The van der Waals surface area contributed by atoms with Crippen LogP contribution in [-0.4, -0.2) is 56.3 Å². The minimum atomic E-state index is -0.407. The maximum absolute atomic E-state index is 13.2. The van der Waals surface area contributed by atoms with Gasteiger partial charge in [0.15, 0.2) is 5.96 Å². The molecule has 0 amide bonds. The van der Waals surface area contributed by atoms with Crippen molar-refractivity contribution in [1.29, 1.82) is 0 Å². The standard InChI is InChI=1S/C17H26ClFN4O/c1-17(2,23-6-8-24-9-7-23)12-22-16(20-3)21-11-13-4-5-15(19)14(18)10-13/h4-5,10H,6-9,11-12H2,1-3H3,(H2,20,21,22). The van der Waals surface area contributed by atoms with Crippen LogP contribution in [0.1, 0.15) is 19.4 Å². The first-order valence-corrected chi connectivity index (χ1v) is 8.51. The molecule has 1 aliphatic heterocycles. The van der Waals surface area contributed by atoms with Crippen molar-refractivity contribution >= 4 is 17.6 Å². The second-order valence-corrected chi connectivity index (χ2v) is 6.85. The van der Waals surface area contributed by atoms with Crippen LogP contribution >= 0.6 is 11.6 Å². The average molecular weight is 357 g/mol. The second-order valence-electron chi connectivity index (χ2n) is 6.44. The van der Waals surface area contributed by atoms with Crippen LogP contribution in [0.3, 0.4) is 0 Å². The van der Waals surface area contributed by atoms with Crippen molar-refractivity contribution in [3.05, 3.63) is 34.6 Å². The number of aliphatic imine (C=N–C) groups is 1. The first-order chi connectivity index (χ1) is 11.4. The second kappa shape index (κ2) is 8.65. The Bertz CT molecular complexity index is 574. The van der Waals surface area contributed by atoms with E-state index in [0.29, 0.717) is 12.5 Å². The molecule has 1 saturated heterocycles. The predicted octanol–water partition coefficient (Wildman–Crippen LogP) is 2.25. The SMILES string of the molecule is CN=C(NCc1ccc(F)c(Cl)c1)NCC(C)(C)N1CCOCC1. The van der Waals surface area contributed by atoms with E-state index in [-0.39, 0.29) is 10.6 Å². The Morgan fingerprint density at radius 3 is 2.67 bits per heavy atom. The highest BCUT2D eigenvalue weighted by molar-refractivity contribution is 6.30. The van der Waals surface area contributed by atoms with Gasteiger partial charge in [0.2, 0.25) is 0 Å². The summed E-state index contributed by atoms with van der Waals surface area (Å²) in [7, 11) is 1.73. The smallest absolute Gasteiger partial charge is 0.191 e. The minimum Gasteiger partial charge on any atom is -0.379 e. The summed E-state index contributed by atoms with van der Waals surface area (Å²) < 4.78 is 18.6. The lowest BCUT2D eigenvalue weighted by Crippen LogP contribution is -2.56. The van der Waals surface area contributed by atoms with E-state index in [1.165, 1.54) is 6.07 Å². The van der Waals surface area contributed by atoms with Gasteiger partial charge >= 0.3 is 0 Å². The van der Waals surface area contributed by atoms with E-state index >= 15 is 0 Å². The minimum absolute atomic E-state index is 0.000579. The number of morpholine rings is 1. The molecule has 0 unspecified atom stereocenters. The van der Waals surface area contributed by atoms with E-state index in [2.05, 4.69) is 34.4 Å². The van der Waals surface area contributed by atoms with Crippen LogP contribution in [0.5, 0.6) is 0 Å². The molecule has 0 radical (unpaired) electrons. The van der Waals surface area contributed by atoms with E-state index < -0.39 is 5.82 Å². The van der Waals surface area contributed by atoms with Gasteiger partial charge in [0.05, 0.1) is 18.2 Å². The van der Waals surface area contributed by atoms with Crippen LogP contribution in [0.15, 0.2) is 23.2 Å². The predicted molar refractivity (Wildman–Crippen MR) is 96.1 cm³/mol. The van der Waals surface area contributed by atoms with Crippen LogP contribution < -0.4 is 10.6 Å². The van der Waals surface area contributed by atoms with Crippen molar-refractivity contribution in [1.82, 2.24) is 15.5 Å². The van der Waals surface area contributed by atoms with Crippen LogP contribution in [0.2, 0.25) is 5.02 Å². The molecule has 2 N–H and O–H groups in total. The third kappa shape index (κ3) is 5.33. The van der Waals surface area contributed by atoms with Crippen molar-refractivity contribution in [2.24, 2.45) is 4.99 Å². The summed E-state index contributed by atoms with van der Waals surface area (Å²) in [6, 6.07) is 4.70. The molecular formula is C17H26ClFN4O. The number of halogens is 2. The maximum atomic E-state index is 13.2. The lowest BCUT2D eigenvalue weighted by molar-refractivity contribution is -0.00834. The highest BCUT2D eigenvalue weighted by Crippen LogP contribution is 2.16. The molecule has 1 aromatic carbocycles. The fourth-order valence-corrected chi connectivity index (χ4v) is 2.84. The monoisotopic (exact) mass is 356 g/mol. The molecule has 134 valence electrons. The number of hydrogen-bond donors (Lipinski definition) is 2. The molecule has 0 spiro atoms. The van der Waals surface area contributed by atoms with Gasteiger partial charge in [-0.05, 0) is 31.5 Å². The number of nitrogens with one attached hydrogen (secondary N) is 2. The lowest BCUT2D eigenvalue weighted by atomic mass is 10.0. The average Bonchev–Trinajstić information content (AvgIpc) is 2.59. The number of nitrogens with zero attached hydrogens (tertiary/aromatic N) is 2. The fourth-order valence-electron chi connectivity index (χ4n) is 2.64. The molecule has 5 nitrogen and oxygen atoms in total. The molecule has 0 atom stereocenters. The van der Waals surface area contributed by atoms with Crippen molar-refractivity contribution in [3.63, 3.8) is 0 Å². The lowest BCUT2D eigenvalue weighted by Gasteiger charge is -2.41. The fraction of sp³-hybridized carbons (Fsp3) is 0.588. The number of hydrogen-bond acceptors (Lipinski definition) is 3. The van der Waals surface area contributed by atoms with Crippen molar-refractivity contribution < 1.29 is 9.13 Å². The number of rotatable bonds is 5.